The van der Waals surface area contributed by atoms with Crippen molar-refractivity contribution < 1.29 is 9.53 Å². The highest BCUT2D eigenvalue weighted by molar-refractivity contribution is 6.31. The van der Waals surface area contributed by atoms with Crippen LogP contribution in [0.4, 0.5) is 11.4 Å². The van der Waals surface area contributed by atoms with E-state index in [4.69, 9.17) is 16.3 Å². The minimum Gasteiger partial charge on any atom is -0.495 e. The van der Waals surface area contributed by atoms with Gasteiger partial charge in [0.1, 0.15) is 17.4 Å². The summed E-state index contributed by atoms with van der Waals surface area (Å²) in [5.74, 6) is 0.317. The van der Waals surface area contributed by atoms with Gasteiger partial charge in [0.15, 0.2) is 0 Å². The first-order chi connectivity index (χ1) is 13.6. The molecule has 0 spiro atoms. The van der Waals surface area contributed by atoms with Gasteiger partial charge in [-0.1, -0.05) is 17.7 Å². The number of tetrazole rings is 1. The molecule has 0 fully saturated rings. The second-order valence-corrected chi connectivity index (χ2v) is 5.87. The lowest BCUT2D eigenvalue weighted by Crippen LogP contribution is -2.12. The van der Waals surface area contributed by atoms with Crippen molar-refractivity contribution in [3.05, 3.63) is 65.1 Å². The second kappa shape index (κ2) is 8.66. The number of allylic oxidation sites excluding steroid dienone is 1. The SMILES string of the molecule is COc1ccc(Cl)cc1NC(=O)c1cccc(NC=C(C#N)c2nn[nH]n2)c1. The van der Waals surface area contributed by atoms with Crippen molar-refractivity contribution in [2.75, 3.05) is 17.7 Å². The fourth-order valence-corrected chi connectivity index (χ4v) is 2.47. The van der Waals surface area contributed by atoms with Crippen LogP contribution >= 0.6 is 11.6 Å². The smallest absolute Gasteiger partial charge is 0.255 e. The number of nitrogens with zero attached hydrogens (tertiary/aromatic N) is 4. The minimum absolute atomic E-state index is 0.164. The van der Waals surface area contributed by atoms with Crippen molar-refractivity contribution in [2.24, 2.45) is 0 Å². The van der Waals surface area contributed by atoms with Crippen LogP contribution in [0.2, 0.25) is 5.02 Å². The van der Waals surface area contributed by atoms with E-state index >= 15 is 0 Å². The van der Waals surface area contributed by atoms with E-state index in [9.17, 15) is 10.1 Å². The number of aromatic amines is 1. The largest absolute Gasteiger partial charge is 0.495 e. The second-order valence-electron chi connectivity index (χ2n) is 5.43. The maximum absolute atomic E-state index is 12.6. The van der Waals surface area contributed by atoms with Crippen LogP contribution in [0.3, 0.4) is 0 Å². The molecule has 140 valence electrons. The zero-order valence-corrected chi connectivity index (χ0v) is 15.4. The first kappa shape index (κ1) is 18.9. The Morgan fingerprint density at radius 1 is 1.32 bits per heavy atom. The fraction of sp³-hybridized carbons (Fsp3) is 0.0556. The van der Waals surface area contributed by atoms with Crippen LogP contribution in [-0.2, 0) is 0 Å². The third-order valence-electron chi connectivity index (χ3n) is 3.62. The number of hydrogen-bond acceptors (Lipinski definition) is 7. The van der Waals surface area contributed by atoms with Gasteiger partial charge in [-0.2, -0.15) is 10.5 Å². The molecule has 0 unspecified atom stereocenters. The van der Waals surface area contributed by atoms with Crippen molar-refractivity contribution in [3.8, 4) is 11.8 Å². The van der Waals surface area contributed by atoms with Gasteiger partial charge in [0.05, 0.1) is 12.8 Å². The Hall–Kier alpha value is -3.90. The lowest BCUT2D eigenvalue weighted by Gasteiger charge is -2.11. The molecular weight excluding hydrogens is 382 g/mol. The van der Waals surface area contributed by atoms with E-state index < -0.39 is 0 Å². The van der Waals surface area contributed by atoms with Crippen molar-refractivity contribution in [2.45, 2.75) is 0 Å². The van der Waals surface area contributed by atoms with Crippen LogP contribution in [0.1, 0.15) is 16.2 Å². The predicted molar refractivity (Wildman–Crippen MR) is 104 cm³/mol. The van der Waals surface area contributed by atoms with Gasteiger partial charge >= 0.3 is 0 Å². The fourth-order valence-electron chi connectivity index (χ4n) is 2.30. The van der Waals surface area contributed by atoms with Gasteiger partial charge in [-0.15, -0.1) is 10.2 Å². The molecule has 0 bridgehead atoms. The molecule has 0 atom stereocenters. The highest BCUT2D eigenvalue weighted by Crippen LogP contribution is 2.28. The number of ether oxygens (including phenoxy) is 1. The summed E-state index contributed by atoms with van der Waals surface area (Å²) in [6.07, 6.45) is 1.43. The van der Waals surface area contributed by atoms with Crippen LogP contribution in [-0.4, -0.2) is 33.6 Å². The first-order valence-electron chi connectivity index (χ1n) is 7.96. The first-order valence-corrected chi connectivity index (χ1v) is 8.34. The Kier molecular flexibility index (Phi) is 5.84. The third kappa shape index (κ3) is 4.44. The summed E-state index contributed by atoms with van der Waals surface area (Å²) in [4.78, 5) is 12.6. The standard InChI is InChI=1S/C18H14ClN7O2/c1-28-16-6-5-13(19)8-15(16)22-18(27)11-3-2-4-14(7-11)21-10-12(9-20)17-23-25-26-24-17/h2-8,10,21H,1H3,(H,22,27)(H,23,24,25,26). The number of carbonyl (C=O) groups excluding carboxylic acids is 1. The topological polar surface area (TPSA) is 129 Å². The number of nitriles is 1. The number of nitrogens with one attached hydrogen (secondary N) is 3. The van der Waals surface area contributed by atoms with Gasteiger partial charge in [0.2, 0.25) is 5.82 Å². The Morgan fingerprint density at radius 3 is 2.89 bits per heavy atom. The van der Waals surface area contributed by atoms with Gasteiger partial charge in [-0.25, -0.2) is 0 Å². The molecule has 28 heavy (non-hydrogen) atoms. The highest BCUT2D eigenvalue weighted by atomic mass is 35.5. The summed E-state index contributed by atoms with van der Waals surface area (Å²) in [5.41, 5.74) is 1.65. The number of methoxy groups -OCH3 is 1. The zero-order valence-electron chi connectivity index (χ0n) is 14.6. The van der Waals surface area contributed by atoms with E-state index in [1.165, 1.54) is 13.3 Å². The molecule has 0 saturated carbocycles. The van der Waals surface area contributed by atoms with E-state index in [0.29, 0.717) is 27.7 Å². The number of carbonyl (C=O) groups is 1. The van der Waals surface area contributed by atoms with Crippen LogP contribution in [0.5, 0.6) is 5.75 Å². The summed E-state index contributed by atoms with van der Waals surface area (Å²) < 4.78 is 5.23. The zero-order chi connectivity index (χ0) is 19.9. The molecule has 0 aliphatic rings. The maximum atomic E-state index is 12.6. The molecule has 0 radical (unpaired) electrons. The Morgan fingerprint density at radius 2 is 2.18 bits per heavy atom. The number of H-pyrrole nitrogens is 1. The van der Waals surface area contributed by atoms with Crippen molar-refractivity contribution in [1.29, 1.82) is 5.26 Å². The normalized spacial score (nSPS) is 10.8. The monoisotopic (exact) mass is 395 g/mol. The molecular formula is C18H14ClN7O2. The van der Waals surface area contributed by atoms with Crippen molar-refractivity contribution >= 4 is 34.5 Å². The summed E-state index contributed by atoms with van der Waals surface area (Å²) in [6, 6.07) is 13.7. The summed E-state index contributed by atoms with van der Waals surface area (Å²) in [5, 5.41) is 28.6. The van der Waals surface area contributed by atoms with Gasteiger partial charge in [0, 0.05) is 22.5 Å². The molecule has 3 N–H and O–H groups in total. The van der Waals surface area contributed by atoms with Crippen LogP contribution in [0, 0.1) is 11.3 Å². The summed E-state index contributed by atoms with van der Waals surface area (Å²) in [6.45, 7) is 0. The molecule has 9 nitrogen and oxygen atoms in total. The molecule has 10 heteroatoms. The molecule has 0 aliphatic carbocycles. The van der Waals surface area contributed by atoms with E-state index in [-0.39, 0.29) is 17.3 Å². The maximum Gasteiger partial charge on any atom is 0.255 e. The molecule has 0 saturated heterocycles. The lowest BCUT2D eigenvalue weighted by molar-refractivity contribution is 0.102. The van der Waals surface area contributed by atoms with E-state index in [1.807, 2.05) is 6.07 Å². The third-order valence-corrected chi connectivity index (χ3v) is 3.86. The van der Waals surface area contributed by atoms with E-state index in [2.05, 4.69) is 31.3 Å². The molecule has 0 aliphatic heterocycles. The van der Waals surface area contributed by atoms with Gasteiger partial charge < -0.3 is 15.4 Å². The summed E-state index contributed by atoms with van der Waals surface area (Å²) >= 11 is 5.99. The van der Waals surface area contributed by atoms with Crippen LogP contribution in [0.15, 0.2) is 48.7 Å². The Bertz CT molecular complexity index is 1060. The quantitative estimate of drug-likeness (QED) is 0.547. The van der Waals surface area contributed by atoms with Gasteiger partial charge in [0.25, 0.3) is 5.91 Å². The average Bonchev–Trinajstić information content (AvgIpc) is 3.23. The number of anilines is 2. The Labute approximate surface area is 165 Å². The predicted octanol–water partition coefficient (Wildman–Crippen LogP) is 3.09. The number of amides is 1. The lowest BCUT2D eigenvalue weighted by atomic mass is 10.1. The summed E-state index contributed by atoms with van der Waals surface area (Å²) in [7, 11) is 1.51. The molecule has 3 aromatic rings. The molecule has 1 aromatic heterocycles. The van der Waals surface area contributed by atoms with Crippen molar-refractivity contribution in [3.63, 3.8) is 0 Å². The molecule has 1 amide bonds. The van der Waals surface area contributed by atoms with Crippen LogP contribution < -0.4 is 15.4 Å². The van der Waals surface area contributed by atoms with Gasteiger partial charge in [-0.3, -0.25) is 4.79 Å². The Balaban J connectivity index is 1.77. The molecule has 2 aromatic carbocycles. The number of benzene rings is 2. The minimum atomic E-state index is -0.341. The number of rotatable bonds is 6. The number of aromatic nitrogens is 4. The van der Waals surface area contributed by atoms with Crippen LogP contribution in [0.25, 0.3) is 5.57 Å². The van der Waals surface area contributed by atoms with Crippen molar-refractivity contribution in [1.82, 2.24) is 20.6 Å². The average molecular weight is 396 g/mol. The van der Waals surface area contributed by atoms with Gasteiger partial charge in [-0.05, 0) is 41.6 Å². The number of hydrogen-bond donors (Lipinski definition) is 3. The van der Waals surface area contributed by atoms with E-state index in [0.717, 1.165) is 0 Å². The molecule has 1 heterocycles. The molecule has 3 rings (SSSR count). The highest BCUT2D eigenvalue weighted by Gasteiger charge is 2.11. The van der Waals surface area contributed by atoms with E-state index in [1.54, 1.807) is 42.5 Å². The number of halogens is 1.